The van der Waals surface area contributed by atoms with Crippen LogP contribution >= 0.6 is 0 Å². The zero-order valence-corrected chi connectivity index (χ0v) is 10.8. The van der Waals surface area contributed by atoms with E-state index in [4.69, 9.17) is 10.5 Å². The third-order valence-electron chi connectivity index (χ3n) is 3.69. The van der Waals surface area contributed by atoms with E-state index in [1.807, 2.05) is 18.7 Å². The number of carbonyl (C=O) groups excluding carboxylic acids is 2. The quantitative estimate of drug-likeness (QED) is 0.730. The Labute approximate surface area is 102 Å². The maximum absolute atomic E-state index is 11.5. The Morgan fingerprint density at radius 3 is 2.53 bits per heavy atom. The van der Waals surface area contributed by atoms with Crippen molar-refractivity contribution in [3.8, 4) is 0 Å². The lowest BCUT2D eigenvalue weighted by atomic mass is 9.94. The van der Waals surface area contributed by atoms with Crippen molar-refractivity contribution in [1.82, 2.24) is 4.90 Å². The van der Waals surface area contributed by atoms with Gasteiger partial charge in [-0.15, -0.1) is 0 Å². The molecule has 1 aliphatic heterocycles. The van der Waals surface area contributed by atoms with E-state index in [2.05, 4.69) is 0 Å². The van der Waals surface area contributed by atoms with E-state index in [1.54, 1.807) is 0 Å². The van der Waals surface area contributed by atoms with Gasteiger partial charge in [-0.1, -0.05) is 13.3 Å². The van der Waals surface area contributed by atoms with Gasteiger partial charge in [-0.25, -0.2) is 0 Å². The van der Waals surface area contributed by atoms with Crippen LogP contribution < -0.4 is 5.73 Å². The summed E-state index contributed by atoms with van der Waals surface area (Å²) in [5, 5.41) is 0. The highest BCUT2D eigenvalue weighted by Crippen LogP contribution is 2.23. The normalized spacial score (nSPS) is 25.0. The predicted octanol–water partition coefficient (Wildman–Crippen LogP) is 0.524. The zero-order valence-electron chi connectivity index (χ0n) is 10.8. The second-order valence-corrected chi connectivity index (χ2v) is 4.70. The van der Waals surface area contributed by atoms with Crippen LogP contribution in [0.1, 0.15) is 33.1 Å². The molecule has 0 aromatic heterocycles. The second kappa shape index (κ2) is 6.00. The van der Waals surface area contributed by atoms with Crippen molar-refractivity contribution in [2.45, 2.75) is 45.2 Å². The van der Waals surface area contributed by atoms with E-state index < -0.39 is 0 Å². The minimum Gasteiger partial charge on any atom is -0.469 e. The van der Waals surface area contributed by atoms with Crippen LogP contribution in [0.3, 0.4) is 0 Å². The molecule has 0 saturated carbocycles. The average molecular weight is 242 g/mol. The van der Waals surface area contributed by atoms with Crippen LogP contribution in [0.25, 0.3) is 0 Å². The van der Waals surface area contributed by atoms with E-state index in [1.165, 1.54) is 7.11 Å². The highest BCUT2D eigenvalue weighted by atomic mass is 16.5. The Hall–Kier alpha value is -1.10. The lowest BCUT2D eigenvalue weighted by molar-refractivity contribution is -0.148. The number of primary amides is 1. The molecule has 0 radical (unpaired) electrons. The summed E-state index contributed by atoms with van der Waals surface area (Å²) >= 11 is 0. The van der Waals surface area contributed by atoms with E-state index in [0.717, 1.165) is 25.8 Å². The summed E-state index contributed by atoms with van der Waals surface area (Å²) in [6.07, 6.45) is 2.85. The monoisotopic (exact) mass is 242 g/mol. The molecule has 0 aromatic rings. The van der Waals surface area contributed by atoms with E-state index >= 15 is 0 Å². The Morgan fingerprint density at radius 2 is 2.00 bits per heavy atom. The standard InChI is InChI=1S/C12H22N2O3/c1-8(12(16)17-3)9(2)14-7-5-4-6-10(14)11(13)15/h8-10H,4-7H2,1-3H3,(H2,13,15). The minimum absolute atomic E-state index is 0.0275. The highest BCUT2D eigenvalue weighted by molar-refractivity contribution is 5.80. The van der Waals surface area contributed by atoms with E-state index in [9.17, 15) is 9.59 Å². The lowest BCUT2D eigenvalue weighted by Gasteiger charge is -2.39. The van der Waals surface area contributed by atoms with Gasteiger partial charge < -0.3 is 10.5 Å². The van der Waals surface area contributed by atoms with E-state index in [-0.39, 0.29) is 29.9 Å². The topological polar surface area (TPSA) is 72.6 Å². The number of methoxy groups -OCH3 is 1. The summed E-state index contributed by atoms with van der Waals surface area (Å²) in [6, 6.07) is -0.272. The fourth-order valence-electron chi connectivity index (χ4n) is 2.42. The number of hydrogen-bond donors (Lipinski definition) is 1. The summed E-state index contributed by atoms with van der Waals surface area (Å²) in [6.45, 7) is 4.59. The Morgan fingerprint density at radius 1 is 1.35 bits per heavy atom. The number of ether oxygens (including phenoxy) is 1. The number of nitrogens with zero attached hydrogens (tertiary/aromatic N) is 1. The first kappa shape index (κ1) is 14.0. The highest BCUT2D eigenvalue weighted by Gasteiger charge is 2.34. The first-order valence-electron chi connectivity index (χ1n) is 6.12. The molecular formula is C12H22N2O3. The summed E-state index contributed by atoms with van der Waals surface area (Å²) in [7, 11) is 1.38. The largest absolute Gasteiger partial charge is 0.469 e. The SMILES string of the molecule is COC(=O)C(C)C(C)N1CCCCC1C(N)=O. The Kier molecular flexibility index (Phi) is 4.93. The molecule has 1 amide bonds. The van der Waals surface area contributed by atoms with Gasteiger partial charge in [0.2, 0.25) is 5.91 Å². The number of amides is 1. The van der Waals surface area contributed by atoms with Crippen molar-refractivity contribution in [2.75, 3.05) is 13.7 Å². The van der Waals surface area contributed by atoms with Crippen LogP contribution in [0, 0.1) is 5.92 Å². The smallest absolute Gasteiger partial charge is 0.309 e. The molecule has 1 saturated heterocycles. The molecule has 98 valence electrons. The maximum atomic E-state index is 11.5. The summed E-state index contributed by atoms with van der Waals surface area (Å²) in [5.74, 6) is -0.792. The summed E-state index contributed by atoms with van der Waals surface area (Å²) in [4.78, 5) is 24.9. The van der Waals surface area contributed by atoms with Gasteiger partial charge in [-0.05, 0) is 26.3 Å². The van der Waals surface area contributed by atoms with Crippen molar-refractivity contribution in [2.24, 2.45) is 11.7 Å². The molecule has 1 fully saturated rings. The number of carbonyl (C=O) groups is 2. The maximum Gasteiger partial charge on any atom is 0.309 e. The van der Waals surface area contributed by atoms with Crippen molar-refractivity contribution >= 4 is 11.9 Å². The molecule has 17 heavy (non-hydrogen) atoms. The number of rotatable bonds is 4. The van der Waals surface area contributed by atoms with Gasteiger partial charge in [-0.3, -0.25) is 14.5 Å². The zero-order chi connectivity index (χ0) is 13.0. The van der Waals surface area contributed by atoms with Crippen LogP contribution in [0.4, 0.5) is 0 Å². The van der Waals surface area contributed by atoms with Crippen LogP contribution in [0.5, 0.6) is 0 Å². The number of piperidine rings is 1. The molecular weight excluding hydrogens is 220 g/mol. The third kappa shape index (κ3) is 3.19. The minimum atomic E-state index is -0.298. The van der Waals surface area contributed by atoms with Crippen molar-refractivity contribution in [1.29, 1.82) is 0 Å². The summed E-state index contributed by atoms with van der Waals surface area (Å²) in [5.41, 5.74) is 5.41. The van der Waals surface area contributed by atoms with E-state index in [0.29, 0.717) is 0 Å². The van der Waals surface area contributed by atoms with Crippen LogP contribution in [-0.4, -0.2) is 42.5 Å². The summed E-state index contributed by atoms with van der Waals surface area (Å²) < 4.78 is 4.74. The molecule has 0 aliphatic carbocycles. The van der Waals surface area contributed by atoms with Crippen LogP contribution in [0.2, 0.25) is 0 Å². The van der Waals surface area contributed by atoms with Gasteiger partial charge in [0, 0.05) is 6.04 Å². The molecule has 1 rings (SSSR count). The lowest BCUT2D eigenvalue weighted by Crippen LogP contribution is -2.54. The predicted molar refractivity (Wildman–Crippen MR) is 64.2 cm³/mol. The average Bonchev–Trinajstić information content (AvgIpc) is 2.35. The molecule has 1 aliphatic rings. The second-order valence-electron chi connectivity index (χ2n) is 4.70. The molecule has 0 bridgehead atoms. The fraction of sp³-hybridized carbons (Fsp3) is 0.833. The molecule has 1 heterocycles. The fourth-order valence-corrected chi connectivity index (χ4v) is 2.42. The van der Waals surface area contributed by atoms with Crippen LogP contribution in [0.15, 0.2) is 0 Å². The van der Waals surface area contributed by atoms with Gasteiger partial charge in [0.25, 0.3) is 0 Å². The molecule has 3 atom stereocenters. The van der Waals surface area contributed by atoms with Crippen molar-refractivity contribution in [3.63, 3.8) is 0 Å². The number of likely N-dealkylation sites (tertiary alicyclic amines) is 1. The first-order valence-corrected chi connectivity index (χ1v) is 6.12. The number of hydrogen-bond acceptors (Lipinski definition) is 4. The molecule has 3 unspecified atom stereocenters. The molecule has 0 aromatic carbocycles. The van der Waals surface area contributed by atoms with Crippen molar-refractivity contribution in [3.05, 3.63) is 0 Å². The number of esters is 1. The number of nitrogens with two attached hydrogens (primary N) is 1. The molecule has 5 nitrogen and oxygen atoms in total. The van der Waals surface area contributed by atoms with Crippen molar-refractivity contribution < 1.29 is 14.3 Å². The van der Waals surface area contributed by atoms with Gasteiger partial charge in [0.15, 0.2) is 0 Å². The Bertz CT molecular complexity index is 293. The third-order valence-corrected chi connectivity index (χ3v) is 3.69. The molecule has 2 N–H and O–H groups in total. The molecule has 0 spiro atoms. The van der Waals surface area contributed by atoms with Crippen LogP contribution in [-0.2, 0) is 14.3 Å². The van der Waals surface area contributed by atoms with Gasteiger partial charge in [-0.2, -0.15) is 0 Å². The van der Waals surface area contributed by atoms with Gasteiger partial charge in [0.1, 0.15) is 0 Å². The van der Waals surface area contributed by atoms with Gasteiger partial charge >= 0.3 is 5.97 Å². The van der Waals surface area contributed by atoms with Gasteiger partial charge in [0.05, 0.1) is 19.1 Å². The first-order chi connectivity index (χ1) is 7.99. The Balaban J connectivity index is 2.74. The molecule has 5 heteroatoms.